The summed E-state index contributed by atoms with van der Waals surface area (Å²) in [4.78, 5) is 0. The van der Waals surface area contributed by atoms with Gasteiger partial charge in [0.15, 0.2) is 0 Å². The van der Waals surface area contributed by atoms with E-state index in [1.807, 2.05) is 6.07 Å². The van der Waals surface area contributed by atoms with E-state index in [2.05, 4.69) is 50.3 Å². The van der Waals surface area contributed by atoms with Crippen LogP contribution in [-0.4, -0.2) is 0 Å². The van der Waals surface area contributed by atoms with Crippen molar-refractivity contribution in [2.24, 2.45) is 0 Å². The van der Waals surface area contributed by atoms with Crippen LogP contribution in [0.3, 0.4) is 0 Å². The molecule has 12 heavy (non-hydrogen) atoms. The third-order valence-corrected chi connectivity index (χ3v) is 1.92. The van der Waals surface area contributed by atoms with Crippen molar-refractivity contribution in [2.45, 2.75) is 19.3 Å². The third kappa shape index (κ3) is 2.54. The van der Waals surface area contributed by atoms with Crippen LogP contribution in [0.4, 0.5) is 0 Å². The summed E-state index contributed by atoms with van der Waals surface area (Å²) in [6, 6.07) is 10.5. The Labute approximate surface area is 74.9 Å². The highest BCUT2D eigenvalue weighted by molar-refractivity contribution is 5.22. The Kier molecular flexibility index (Phi) is 3.59. The molecule has 1 unspecified atom stereocenters. The number of rotatable bonds is 3. The highest BCUT2D eigenvalue weighted by atomic mass is 14.0. The lowest BCUT2D eigenvalue weighted by atomic mass is 10.0. The molecule has 0 aliphatic carbocycles. The Morgan fingerprint density at radius 1 is 1.33 bits per heavy atom. The van der Waals surface area contributed by atoms with Crippen LogP contribution in [-0.2, 0) is 0 Å². The van der Waals surface area contributed by atoms with E-state index in [0.717, 1.165) is 6.42 Å². The van der Waals surface area contributed by atoms with Crippen LogP contribution in [0.5, 0.6) is 0 Å². The normalized spacial score (nSPS) is 13.5. The van der Waals surface area contributed by atoms with Crippen LogP contribution >= 0.6 is 0 Å². The molecule has 1 atom stereocenters. The maximum absolute atomic E-state index is 3.76. The molecule has 0 saturated carbocycles. The first-order valence-corrected chi connectivity index (χ1v) is 4.35. The lowest BCUT2D eigenvalue weighted by Gasteiger charge is -2.04. The summed E-state index contributed by atoms with van der Waals surface area (Å²) in [7, 11) is 0. The van der Waals surface area contributed by atoms with Gasteiger partial charge in [0.2, 0.25) is 0 Å². The first-order valence-electron chi connectivity index (χ1n) is 4.35. The van der Waals surface area contributed by atoms with Gasteiger partial charge in [-0.05, 0) is 24.8 Å². The van der Waals surface area contributed by atoms with Gasteiger partial charge in [0.25, 0.3) is 0 Å². The van der Waals surface area contributed by atoms with Gasteiger partial charge in [-0.2, -0.15) is 0 Å². The molecule has 0 aromatic heterocycles. The molecular weight excluding hydrogens is 144 g/mol. The van der Waals surface area contributed by atoms with Crippen molar-refractivity contribution in [1.29, 1.82) is 0 Å². The Hall–Kier alpha value is -1.04. The zero-order chi connectivity index (χ0) is 8.81. The van der Waals surface area contributed by atoms with Crippen LogP contribution < -0.4 is 0 Å². The van der Waals surface area contributed by atoms with Crippen LogP contribution in [0.1, 0.15) is 24.8 Å². The van der Waals surface area contributed by atoms with E-state index < -0.39 is 0 Å². The minimum atomic E-state index is 0.507. The number of hydrogen-bond acceptors (Lipinski definition) is 0. The van der Waals surface area contributed by atoms with Crippen molar-refractivity contribution in [3.8, 4) is 0 Å². The van der Waals surface area contributed by atoms with Gasteiger partial charge in [0.1, 0.15) is 0 Å². The fraction of sp³-hybridized carbons (Fsp3) is 0.250. The fourth-order valence-electron chi connectivity index (χ4n) is 1.17. The number of benzene rings is 1. The molecule has 0 bridgehead atoms. The van der Waals surface area contributed by atoms with Gasteiger partial charge in [-0.3, -0.25) is 0 Å². The topological polar surface area (TPSA) is 0 Å². The van der Waals surface area contributed by atoms with E-state index in [1.165, 1.54) is 5.56 Å². The monoisotopic (exact) mass is 159 g/mol. The van der Waals surface area contributed by atoms with E-state index in [-0.39, 0.29) is 0 Å². The quantitative estimate of drug-likeness (QED) is 0.591. The summed E-state index contributed by atoms with van der Waals surface area (Å²) in [6.45, 7) is 5.96. The van der Waals surface area contributed by atoms with Gasteiger partial charge >= 0.3 is 0 Å². The number of allylic oxidation sites excluding steroid dienone is 2. The van der Waals surface area contributed by atoms with Crippen molar-refractivity contribution in [3.05, 3.63) is 55.0 Å². The summed E-state index contributed by atoms with van der Waals surface area (Å²) in [5.41, 5.74) is 1.36. The van der Waals surface area contributed by atoms with Gasteiger partial charge < -0.3 is 0 Å². The molecule has 1 radical (unpaired) electrons. The van der Waals surface area contributed by atoms with Crippen LogP contribution in [0, 0.1) is 6.92 Å². The van der Waals surface area contributed by atoms with Gasteiger partial charge in [-0.1, -0.05) is 49.4 Å². The minimum Gasteiger partial charge on any atom is -0.0879 e. The summed E-state index contributed by atoms with van der Waals surface area (Å²) in [6.07, 6.45) is 5.18. The molecule has 0 fully saturated rings. The van der Waals surface area contributed by atoms with Crippen molar-refractivity contribution in [1.82, 2.24) is 0 Å². The molecule has 0 aliphatic heterocycles. The first kappa shape index (κ1) is 9.05. The minimum absolute atomic E-state index is 0.507. The SMILES string of the molecule is [CH2]CC=CC(C)c1ccccc1. The van der Waals surface area contributed by atoms with E-state index in [1.54, 1.807) is 0 Å². The zero-order valence-corrected chi connectivity index (χ0v) is 7.53. The van der Waals surface area contributed by atoms with Crippen molar-refractivity contribution >= 4 is 0 Å². The molecule has 1 aromatic carbocycles. The molecule has 0 aliphatic rings. The first-order chi connectivity index (χ1) is 5.84. The lowest BCUT2D eigenvalue weighted by Crippen LogP contribution is -1.86. The van der Waals surface area contributed by atoms with Crippen LogP contribution in [0.2, 0.25) is 0 Å². The molecule has 0 nitrogen and oxygen atoms in total. The fourth-order valence-corrected chi connectivity index (χ4v) is 1.17. The van der Waals surface area contributed by atoms with Gasteiger partial charge in [-0.15, -0.1) is 0 Å². The Bertz CT molecular complexity index is 233. The second-order valence-electron chi connectivity index (χ2n) is 2.92. The highest BCUT2D eigenvalue weighted by Gasteiger charge is 1.97. The third-order valence-electron chi connectivity index (χ3n) is 1.92. The summed E-state index contributed by atoms with van der Waals surface area (Å²) in [5, 5.41) is 0. The van der Waals surface area contributed by atoms with Crippen molar-refractivity contribution in [2.75, 3.05) is 0 Å². The molecular formula is C12H15. The second-order valence-corrected chi connectivity index (χ2v) is 2.92. The van der Waals surface area contributed by atoms with E-state index in [0.29, 0.717) is 5.92 Å². The largest absolute Gasteiger partial charge is 0.0879 e. The molecule has 1 aromatic rings. The van der Waals surface area contributed by atoms with Crippen LogP contribution in [0.15, 0.2) is 42.5 Å². The van der Waals surface area contributed by atoms with Crippen molar-refractivity contribution < 1.29 is 0 Å². The Morgan fingerprint density at radius 3 is 2.58 bits per heavy atom. The van der Waals surface area contributed by atoms with E-state index in [9.17, 15) is 0 Å². The lowest BCUT2D eigenvalue weighted by molar-refractivity contribution is 0.961. The molecule has 0 heterocycles. The summed E-state index contributed by atoms with van der Waals surface area (Å²) < 4.78 is 0. The van der Waals surface area contributed by atoms with Gasteiger partial charge in [-0.25, -0.2) is 0 Å². The standard InChI is InChI=1S/C12H15/c1-3-4-8-11(2)12-9-6-5-7-10-12/h4-11H,1,3H2,2H3. The van der Waals surface area contributed by atoms with Crippen molar-refractivity contribution in [3.63, 3.8) is 0 Å². The molecule has 0 heteroatoms. The maximum Gasteiger partial charge on any atom is -0.00104 e. The van der Waals surface area contributed by atoms with E-state index in [4.69, 9.17) is 0 Å². The maximum atomic E-state index is 3.76. The zero-order valence-electron chi connectivity index (χ0n) is 7.53. The number of hydrogen-bond donors (Lipinski definition) is 0. The molecule has 0 amide bonds. The predicted molar refractivity (Wildman–Crippen MR) is 54.0 cm³/mol. The molecule has 0 spiro atoms. The Morgan fingerprint density at radius 2 is 2.00 bits per heavy atom. The van der Waals surface area contributed by atoms with E-state index >= 15 is 0 Å². The van der Waals surface area contributed by atoms with Gasteiger partial charge in [0.05, 0.1) is 0 Å². The second kappa shape index (κ2) is 4.76. The van der Waals surface area contributed by atoms with Crippen LogP contribution in [0.25, 0.3) is 0 Å². The smallest absolute Gasteiger partial charge is 0.00104 e. The average Bonchev–Trinajstić information content (AvgIpc) is 2.15. The summed E-state index contributed by atoms with van der Waals surface area (Å²) >= 11 is 0. The molecule has 1 rings (SSSR count). The average molecular weight is 159 g/mol. The highest BCUT2D eigenvalue weighted by Crippen LogP contribution is 2.15. The summed E-state index contributed by atoms with van der Waals surface area (Å²) in [5.74, 6) is 0.507. The predicted octanol–water partition coefficient (Wildman–Crippen LogP) is 3.57. The molecule has 0 N–H and O–H groups in total. The van der Waals surface area contributed by atoms with Gasteiger partial charge in [0, 0.05) is 0 Å². The Balaban J connectivity index is 2.65. The molecule has 0 saturated heterocycles. The molecule has 63 valence electrons.